The van der Waals surface area contributed by atoms with Gasteiger partial charge in [0.15, 0.2) is 0 Å². The third-order valence-electron chi connectivity index (χ3n) is 3.91. The molecular weight excluding hydrogens is 379 g/mol. The highest BCUT2D eigenvalue weighted by atomic mass is 35.5. The van der Waals surface area contributed by atoms with Gasteiger partial charge < -0.3 is 4.90 Å². The first-order valence-electron chi connectivity index (χ1n) is 7.67. The molecule has 1 aliphatic heterocycles. The second kappa shape index (κ2) is 7.68. The Morgan fingerprint density at radius 2 is 1.92 bits per heavy atom. The van der Waals surface area contributed by atoms with Crippen LogP contribution in [-0.2, 0) is 15.6 Å². The Bertz CT molecular complexity index is 883. The summed E-state index contributed by atoms with van der Waals surface area (Å²) in [5.41, 5.74) is 2.84. The van der Waals surface area contributed by atoms with Gasteiger partial charge in [-0.1, -0.05) is 41.4 Å². The van der Waals surface area contributed by atoms with Gasteiger partial charge in [0, 0.05) is 50.5 Å². The van der Waals surface area contributed by atoms with Crippen LogP contribution in [-0.4, -0.2) is 40.9 Å². The summed E-state index contributed by atoms with van der Waals surface area (Å²) >= 11 is 12.5. The Balaban J connectivity index is 2.14. The lowest BCUT2D eigenvalue weighted by atomic mass is 10.00. The number of carbonyl (C=O) groups excluding carboxylic acids is 1. The van der Waals surface area contributed by atoms with Gasteiger partial charge in [-0.15, -0.1) is 0 Å². The quantitative estimate of drug-likeness (QED) is 0.795. The maximum atomic E-state index is 12.6. The van der Waals surface area contributed by atoms with E-state index in [4.69, 9.17) is 23.2 Å². The molecule has 1 heterocycles. The molecule has 2 aromatic carbocycles. The van der Waals surface area contributed by atoms with Crippen LogP contribution in [0.1, 0.15) is 11.1 Å². The van der Waals surface area contributed by atoms with Gasteiger partial charge in [-0.2, -0.15) is 0 Å². The number of anilines is 1. The second-order valence-corrected chi connectivity index (χ2v) is 8.03. The number of hydrogen-bond acceptors (Lipinski definition) is 3. The fourth-order valence-electron chi connectivity index (χ4n) is 2.73. The van der Waals surface area contributed by atoms with E-state index in [1.54, 1.807) is 35.4 Å². The van der Waals surface area contributed by atoms with E-state index in [0.29, 0.717) is 33.7 Å². The molecule has 1 atom stereocenters. The van der Waals surface area contributed by atoms with Gasteiger partial charge in [0.1, 0.15) is 6.54 Å². The lowest BCUT2D eigenvalue weighted by Gasteiger charge is -2.23. The molecule has 0 N–H and O–H groups in total. The van der Waals surface area contributed by atoms with Crippen molar-refractivity contribution >= 4 is 51.3 Å². The van der Waals surface area contributed by atoms with Crippen LogP contribution in [0.2, 0.25) is 10.0 Å². The van der Waals surface area contributed by atoms with E-state index in [9.17, 15) is 9.00 Å². The molecule has 130 valence electrons. The van der Waals surface area contributed by atoms with E-state index >= 15 is 0 Å². The first-order valence-corrected chi connectivity index (χ1v) is 10.2. The highest BCUT2D eigenvalue weighted by Gasteiger charge is 2.26. The van der Waals surface area contributed by atoms with Crippen molar-refractivity contribution in [3.05, 3.63) is 63.6 Å². The van der Waals surface area contributed by atoms with Crippen molar-refractivity contribution in [1.82, 2.24) is 0 Å². The number of benzodiazepines with no additional fused rings is 1. The number of carbonyl (C=O) groups is 1. The van der Waals surface area contributed by atoms with Gasteiger partial charge in [0.25, 0.3) is 0 Å². The zero-order valence-corrected chi connectivity index (χ0v) is 15.9. The summed E-state index contributed by atoms with van der Waals surface area (Å²) in [6.45, 7) is 0.366. The van der Waals surface area contributed by atoms with Crippen LogP contribution < -0.4 is 4.90 Å². The van der Waals surface area contributed by atoms with Crippen LogP contribution in [0.5, 0.6) is 0 Å². The summed E-state index contributed by atoms with van der Waals surface area (Å²) in [5.74, 6) is 0.256. The normalized spacial score (nSPS) is 15.4. The molecule has 0 saturated heterocycles. The van der Waals surface area contributed by atoms with E-state index in [1.165, 1.54) is 0 Å². The second-order valence-electron chi connectivity index (χ2n) is 5.63. The first kappa shape index (κ1) is 18.1. The highest BCUT2D eigenvalue weighted by Crippen LogP contribution is 2.31. The van der Waals surface area contributed by atoms with Gasteiger partial charge in [-0.25, -0.2) is 0 Å². The van der Waals surface area contributed by atoms with E-state index in [2.05, 4.69) is 4.99 Å². The maximum Gasteiger partial charge on any atom is 0.248 e. The molecule has 3 rings (SSSR count). The number of rotatable bonds is 4. The number of halogens is 2. The van der Waals surface area contributed by atoms with Crippen LogP contribution in [0.15, 0.2) is 47.5 Å². The highest BCUT2D eigenvalue weighted by molar-refractivity contribution is 7.84. The minimum absolute atomic E-state index is 0.00318. The molecule has 0 saturated carbocycles. The number of fused-ring (bicyclic) bond motifs is 1. The Kier molecular flexibility index (Phi) is 5.57. The SMILES string of the molecule is CS(=O)CCN1C(=O)CN=C(c2ccccc2Cl)c2cc(Cl)ccc21. The molecule has 25 heavy (non-hydrogen) atoms. The van der Waals surface area contributed by atoms with Gasteiger partial charge in [0.2, 0.25) is 5.91 Å². The number of hydrogen-bond donors (Lipinski definition) is 0. The van der Waals surface area contributed by atoms with E-state index in [-0.39, 0.29) is 12.5 Å². The fourth-order valence-corrected chi connectivity index (χ4v) is 3.57. The molecule has 0 aromatic heterocycles. The average molecular weight is 395 g/mol. The van der Waals surface area contributed by atoms with Crippen molar-refractivity contribution in [2.24, 2.45) is 4.99 Å². The molecule has 0 aliphatic carbocycles. The molecule has 0 spiro atoms. The van der Waals surface area contributed by atoms with Crippen LogP contribution in [0.4, 0.5) is 5.69 Å². The number of nitrogens with zero attached hydrogens (tertiary/aromatic N) is 2. The fraction of sp³-hybridized carbons (Fsp3) is 0.222. The Morgan fingerprint density at radius 1 is 1.16 bits per heavy atom. The predicted molar refractivity (Wildman–Crippen MR) is 105 cm³/mol. The molecule has 0 radical (unpaired) electrons. The van der Waals surface area contributed by atoms with Gasteiger partial charge in [-0.05, 0) is 24.3 Å². The Labute approximate surface area is 158 Å². The third-order valence-corrected chi connectivity index (χ3v) is 5.23. The molecule has 7 heteroatoms. The Morgan fingerprint density at radius 3 is 2.64 bits per heavy atom. The van der Waals surface area contributed by atoms with Crippen molar-refractivity contribution in [3.63, 3.8) is 0 Å². The standard InChI is InChI=1S/C18H16Cl2N2O2S/c1-25(24)9-8-22-16-7-6-12(19)10-14(16)18(21-11-17(22)23)13-4-2-3-5-15(13)20/h2-7,10H,8-9,11H2,1H3. The third kappa shape index (κ3) is 3.94. The average Bonchev–Trinajstić information content (AvgIpc) is 2.70. The van der Waals surface area contributed by atoms with Crippen molar-refractivity contribution in [1.29, 1.82) is 0 Å². The predicted octanol–water partition coefficient (Wildman–Crippen LogP) is 3.56. The molecule has 0 bridgehead atoms. The topological polar surface area (TPSA) is 49.7 Å². The molecule has 1 amide bonds. The molecule has 1 unspecified atom stereocenters. The molecule has 4 nitrogen and oxygen atoms in total. The van der Waals surface area contributed by atoms with Gasteiger partial charge in [0.05, 0.1) is 11.4 Å². The first-order chi connectivity index (χ1) is 12.0. The maximum absolute atomic E-state index is 12.6. The van der Waals surface area contributed by atoms with Crippen molar-refractivity contribution in [2.75, 3.05) is 30.0 Å². The lowest BCUT2D eigenvalue weighted by Crippen LogP contribution is -2.35. The summed E-state index contributed by atoms with van der Waals surface area (Å²) in [4.78, 5) is 18.7. The van der Waals surface area contributed by atoms with Crippen molar-refractivity contribution in [3.8, 4) is 0 Å². The molecular formula is C18H16Cl2N2O2S. The van der Waals surface area contributed by atoms with Gasteiger partial charge >= 0.3 is 0 Å². The molecule has 2 aromatic rings. The number of amides is 1. The van der Waals surface area contributed by atoms with Crippen LogP contribution >= 0.6 is 23.2 Å². The minimum atomic E-state index is -0.996. The van der Waals surface area contributed by atoms with Crippen LogP contribution in [0.3, 0.4) is 0 Å². The Hall–Kier alpha value is -1.69. The molecule has 1 aliphatic rings. The van der Waals surface area contributed by atoms with E-state index in [0.717, 1.165) is 11.1 Å². The summed E-state index contributed by atoms with van der Waals surface area (Å²) < 4.78 is 11.5. The summed E-state index contributed by atoms with van der Waals surface area (Å²) in [6, 6.07) is 12.7. The van der Waals surface area contributed by atoms with Gasteiger partial charge in [-0.3, -0.25) is 14.0 Å². The zero-order chi connectivity index (χ0) is 18.0. The largest absolute Gasteiger partial charge is 0.309 e. The summed E-state index contributed by atoms with van der Waals surface area (Å²) in [5, 5.41) is 1.11. The minimum Gasteiger partial charge on any atom is -0.309 e. The van der Waals surface area contributed by atoms with Crippen LogP contribution in [0, 0.1) is 0 Å². The van der Waals surface area contributed by atoms with E-state index < -0.39 is 10.8 Å². The summed E-state index contributed by atoms with van der Waals surface area (Å²) in [6.07, 6.45) is 1.62. The zero-order valence-electron chi connectivity index (χ0n) is 13.5. The smallest absolute Gasteiger partial charge is 0.248 e. The van der Waals surface area contributed by atoms with Crippen molar-refractivity contribution < 1.29 is 9.00 Å². The number of benzene rings is 2. The van der Waals surface area contributed by atoms with E-state index in [1.807, 2.05) is 18.2 Å². The van der Waals surface area contributed by atoms with Crippen LogP contribution in [0.25, 0.3) is 0 Å². The molecule has 0 fully saturated rings. The monoisotopic (exact) mass is 394 g/mol. The lowest BCUT2D eigenvalue weighted by molar-refractivity contribution is -0.117. The van der Waals surface area contributed by atoms with Crippen molar-refractivity contribution in [2.45, 2.75) is 0 Å². The summed E-state index contributed by atoms with van der Waals surface area (Å²) in [7, 11) is -0.996. The number of aliphatic imine (C=N–C) groups is 1.